The van der Waals surface area contributed by atoms with Crippen LogP contribution in [0.25, 0.3) is 82.8 Å². The first-order valence-corrected chi connectivity index (χ1v) is 15.1. The van der Waals surface area contributed by atoms with Crippen molar-refractivity contribution in [2.24, 2.45) is 0 Å². The first kappa shape index (κ1) is 25.4. The van der Waals surface area contributed by atoms with Crippen LogP contribution >= 0.6 is 0 Å². The van der Waals surface area contributed by atoms with E-state index in [4.69, 9.17) is 10.1 Å². The van der Waals surface area contributed by atoms with Crippen molar-refractivity contribution in [3.63, 3.8) is 0 Å². The van der Waals surface area contributed by atoms with Crippen molar-refractivity contribution in [3.05, 3.63) is 158 Å². The van der Waals surface area contributed by atoms with E-state index in [9.17, 15) is 0 Å². The van der Waals surface area contributed by atoms with Gasteiger partial charge >= 0.3 is 0 Å². The Kier molecular flexibility index (Phi) is 5.78. The molecule has 0 radical (unpaired) electrons. The number of rotatable bonds is 4. The summed E-state index contributed by atoms with van der Waals surface area (Å²) in [7, 11) is 0. The molecule has 4 nitrogen and oxygen atoms in total. The van der Waals surface area contributed by atoms with E-state index >= 15 is 0 Å². The van der Waals surface area contributed by atoms with Crippen LogP contribution < -0.4 is 0 Å². The van der Waals surface area contributed by atoms with Gasteiger partial charge in [-0.1, -0.05) is 115 Å². The Morgan fingerprint density at radius 3 is 2.04 bits per heavy atom. The normalized spacial score (nSPS) is 11.6. The molecular weight excluding hydrogens is 548 g/mol. The summed E-state index contributed by atoms with van der Waals surface area (Å²) < 4.78 is 2.11. The maximum absolute atomic E-state index is 5.31. The molecule has 0 spiro atoms. The molecule has 45 heavy (non-hydrogen) atoms. The molecule has 0 atom stereocenters. The highest BCUT2D eigenvalue weighted by Crippen LogP contribution is 2.42. The van der Waals surface area contributed by atoms with Crippen LogP contribution in [-0.2, 0) is 0 Å². The van der Waals surface area contributed by atoms with Crippen molar-refractivity contribution in [1.82, 2.24) is 19.7 Å². The van der Waals surface area contributed by atoms with Gasteiger partial charge in [0.1, 0.15) is 5.69 Å². The lowest BCUT2D eigenvalue weighted by atomic mass is 9.92. The minimum Gasteiger partial charge on any atom is -0.254 e. The molecular formula is C41H26N4. The molecule has 6 aromatic carbocycles. The van der Waals surface area contributed by atoms with Gasteiger partial charge < -0.3 is 0 Å². The zero-order chi connectivity index (χ0) is 29.7. The van der Waals surface area contributed by atoms with Crippen molar-refractivity contribution >= 4 is 43.5 Å². The summed E-state index contributed by atoms with van der Waals surface area (Å²) in [6.45, 7) is 0. The van der Waals surface area contributed by atoms with Crippen LogP contribution in [0.5, 0.6) is 0 Å². The number of hydrogen-bond donors (Lipinski definition) is 0. The minimum atomic E-state index is 0.916. The fourth-order valence-corrected chi connectivity index (χ4v) is 6.50. The van der Waals surface area contributed by atoms with Crippen molar-refractivity contribution in [2.75, 3.05) is 0 Å². The summed E-state index contributed by atoms with van der Waals surface area (Å²) in [5.74, 6) is 0. The zero-order valence-electron chi connectivity index (χ0n) is 24.3. The van der Waals surface area contributed by atoms with E-state index in [1.165, 1.54) is 10.8 Å². The molecule has 3 aromatic heterocycles. The van der Waals surface area contributed by atoms with Crippen molar-refractivity contribution in [1.29, 1.82) is 0 Å². The molecule has 0 unspecified atom stereocenters. The van der Waals surface area contributed by atoms with Crippen LogP contribution in [0.3, 0.4) is 0 Å². The lowest BCUT2D eigenvalue weighted by molar-refractivity contribution is 0.918. The molecule has 0 aliphatic rings. The highest BCUT2D eigenvalue weighted by atomic mass is 15.3. The Morgan fingerprint density at radius 2 is 1.18 bits per heavy atom. The van der Waals surface area contributed by atoms with E-state index in [0.29, 0.717) is 0 Å². The molecule has 0 N–H and O–H groups in total. The van der Waals surface area contributed by atoms with Gasteiger partial charge in [-0.2, -0.15) is 5.10 Å². The predicted octanol–water partition coefficient (Wildman–Crippen LogP) is 10.3. The van der Waals surface area contributed by atoms with E-state index < -0.39 is 0 Å². The number of para-hydroxylation sites is 1. The molecule has 0 aliphatic heterocycles. The third-order valence-corrected chi connectivity index (χ3v) is 8.62. The molecule has 0 saturated heterocycles. The number of nitrogens with zero attached hydrogens (tertiary/aromatic N) is 4. The van der Waals surface area contributed by atoms with Gasteiger partial charge in [-0.15, -0.1) is 0 Å². The zero-order valence-corrected chi connectivity index (χ0v) is 24.3. The molecule has 4 heteroatoms. The standard InChI is InChI=1S/C41H26N4/c1-3-11-27(12-4-1)38-37-35(26-31-13-7-8-19-34(31)41(37)45(44-38)33-17-5-2-6-18-33)30-14-9-15-32(25-30)36-23-22-29-21-20-28-16-10-24-42-39(28)40(29)43-36/h1-26H. The quantitative estimate of drug-likeness (QED) is 0.196. The van der Waals surface area contributed by atoms with Crippen LogP contribution in [0, 0.1) is 0 Å². The Bertz CT molecular complexity index is 2530. The summed E-state index contributed by atoms with van der Waals surface area (Å²) >= 11 is 0. The fraction of sp³-hybridized carbons (Fsp3) is 0. The topological polar surface area (TPSA) is 43.6 Å². The lowest BCUT2D eigenvalue weighted by Gasteiger charge is -2.12. The second kappa shape index (κ2) is 10.2. The molecule has 0 fully saturated rings. The van der Waals surface area contributed by atoms with Gasteiger partial charge in [0.05, 0.1) is 27.9 Å². The maximum atomic E-state index is 5.31. The molecule has 0 amide bonds. The molecule has 3 heterocycles. The molecule has 0 saturated carbocycles. The number of fused-ring (bicyclic) bond motifs is 6. The average Bonchev–Trinajstić information content (AvgIpc) is 3.53. The average molecular weight is 575 g/mol. The van der Waals surface area contributed by atoms with Gasteiger partial charge in [-0.25, -0.2) is 9.67 Å². The second-order valence-corrected chi connectivity index (χ2v) is 11.3. The summed E-state index contributed by atoms with van der Waals surface area (Å²) in [6.07, 6.45) is 1.83. The van der Waals surface area contributed by atoms with E-state index in [0.717, 1.165) is 72.0 Å². The first-order chi connectivity index (χ1) is 22.3. The highest BCUT2D eigenvalue weighted by molar-refractivity contribution is 6.17. The van der Waals surface area contributed by atoms with Gasteiger partial charge in [0.25, 0.3) is 0 Å². The smallest absolute Gasteiger partial charge is 0.101 e. The molecule has 9 aromatic rings. The number of benzene rings is 6. The highest BCUT2D eigenvalue weighted by Gasteiger charge is 2.21. The fourth-order valence-electron chi connectivity index (χ4n) is 6.50. The second-order valence-electron chi connectivity index (χ2n) is 11.3. The third kappa shape index (κ3) is 4.19. The van der Waals surface area contributed by atoms with Crippen LogP contribution in [0.1, 0.15) is 0 Å². The van der Waals surface area contributed by atoms with Crippen LogP contribution in [0.2, 0.25) is 0 Å². The molecule has 0 aliphatic carbocycles. The summed E-state index contributed by atoms with van der Waals surface area (Å²) in [4.78, 5) is 9.82. The molecule has 210 valence electrons. The molecule has 9 rings (SSSR count). The van der Waals surface area contributed by atoms with Crippen LogP contribution in [0.15, 0.2) is 158 Å². The van der Waals surface area contributed by atoms with Crippen molar-refractivity contribution in [3.8, 4) is 39.3 Å². The van der Waals surface area contributed by atoms with Crippen molar-refractivity contribution < 1.29 is 0 Å². The molecule has 0 bridgehead atoms. The van der Waals surface area contributed by atoms with Gasteiger partial charge in [-0.3, -0.25) is 4.98 Å². The van der Waals surface area contributed by atoms with Crippen molar-refractivity contribution in [2.45, 2.75) is 0 Å². The number of hydrogen-bond acceptors (Lipinski definition) is 3. The Labute approximate surface area is 259 Å². The predicted molar refractivity (Wildman–Crippen MR) is 185 cm³/mol. The van der Waals surface area contributed by atoms with Gasteiger partial charge in [-0.05, 0) is 52.9 Å². The Balaban J connectivity index is 1.32. The van der Waals surface area contributed by atoms with Gasteiger partial charge in [0.2, 0.25) is 0 Å². The van der Waals surface area contributed by atoms with Gasteiger partial charge in [0.15, 0.2) is 0 Å². The monoisotopic (exact) mass is 574 g/mol. The Morgan fingerprint density at radius 1 is 0.489 bits per heavy atom. The Hall–Kier alpha value is -6.13. The summed E-state index contributed by atoms with van der Waals surface area (Å²) in [6, 6.07) is 53.1. The van der Waals surface area contributed by atoms with E-state index in [-0.39, 0.29) is 0 Å². The van der Waals surface area contributed by atoms with Gasteiger partial charge in [0, 0.05) is 38.9 Å². The van der Waals surface area contributed by atoms with E-state index in [2.05, 4.69) is 149 Å². The van der Waals surface area contributed by atoms with Crippen LogP contribution in [-0.4, -0.2) is 19.7 Å². The maximum Gasteiger partial charge on any atom is 0.101 e. The lowest BCUT2D eigenvalue weighted by Crippen LogP contribution is -1.96. The van der Waals surface area contributed by atoms with E-state index in [1.807, 2.05) is 18.3 Å². The number of aromatic nitrogens is 4. The van der Waals surface area contributed by atoms with Crippen LogP contribution in [0.4, 0.5) is 0 Å². The third-order valence-electron chi connectivity index (χ3n) is 8.62. The largest absolute Gasteiger partial charge is 0.254 e. The summed E-state index contributed by atoms with van der Waals surface area (Å²) in [5, 5.41) is 10.9. The summed E-state index contributed by atoms with van der Waals surface area (Å²) in [5.41, 5.74) is 10.2. The first-order valence-electron chi connectivity index (χ1n) is 15.1. The number of pyridine rings is 2. The SMILES string of the molecule is c1ccc(-c2nn(-c3ccccc3)c3c2c(-c2cccc(-c4ccc5ccc6cccnc6c5n4)c2)cc2ccccc23)cc1. The minimum absolute atomic E-state index is 0.916. The van der Waals surface area contributed by atoms with E-state index in [1.54, 1.807) is 0 Å².